The molecule has 28 heavy (non-hydrogen) atoms. The van der Waals surface area contributed by atoms with Crippen molar-refractivity contribution in [3.63, 3.8) is 0 Å². The summed E-state index contributed by atoms with van der Waals surface area (Å²) in [7, 11) is 0. The van der Waals surface area contributed by atoms with Crippen molar-refractivity contribution in [2.24, 2.45) is 0 Å². The third-order valence-electron chi connectivity index (χ3n) is 4.58. The van der Waals surface area contributed by atoms with Crippen LogP contribution in [-0.2, 0) is 0 Å². The number of non-ortho nitro benzene ring substituents is 1. The molecule has 0 amide bonds. The molecule has 0 fully saturated rings. The first kappa shape index (κ1) is 16.0. The minimum absolute atomic E-state index is 0.0163. The molecule has 0 unspecified atom stereocenters. The molecule has 0 saturated heterocycles. The molecular weight excluding hydrogens is 356 g/mol. The lowest BCUT2D eigenvalue weighted by atomic mass is 10.1. The molecule has 134 valence electrons. The van der Waals surface area contributed by atoms with E-state index in [1.807, 2.05) is 48.5 Å². The fourth-order valence-electron chi connectivity index (χ4n) is 3.30. The summed E-state index contributed by atoms with van der Waals surface area (Å²) in [5.74, 6) is 0.497. The van der Waals surface area contributed by atoms with Gasteiger partial charge in [-0.05, 0) is 34.7 Å². The van der Waals surface area contributed by atoms with Crippen LogP contribution in [0.1, 0.15) is 0 Å². The second-order valence-corrected chi connectivity index (χ2v) is 6.21. The van der Waals surface area contributed by atoms with E-state index in [1.165, 1.54) is 12.1 Å². The van der Waals surface area contributed by atoms with Crippen LogP contribution in [0.4, 0.5) is 5.69 Å². The van der Waals surface area contributed by atoms with Gasteiger partial charge < -0.3 is 0 Å². The van der Waals surface area contributed by atoms with E-state index in [-0.39, 0.29) is 5.69 Å². The van der Waals surface area contributed by atoms with E-state index in [9.17, 15) is 10.1 Å². The molecule has 0 spiro atoms. The Bertz CT molecular complexity index is 1290. The van der Waals surface area contributed by atoms with Crippen LogP contribution >= 0.6 is 0 Å². The molecular formula is C20H12N6O2. The fourth-order valence-corrected chi connectivity index (χ4v) is 3.30. The third-order valence-corrected chi connectivity index (χ3v) is 4.58. The first-order valence-electron chi connectivity index (χ1n) is 8.53. The van der Waals surface area contributed by atoms with Crippen LogP contribution in [0, 0.1) is 10.1 Å². The summed E-state index contributed by atoms with van der Waals surface area (Å²) in [6.45, 7) is 0. The van der Waals surface area contributed by atoms with Gasteiger partial charge in [0.25, 0.3) is 5.69 Å². The third kappa shape index (κ3) is 2.47. The summed E-state index contributed by atoms with van der Waals surface area (Å²) in [4.78, 5) is 15.2. The minimum Gasteiger partial charge on any atom is -0.258 e. The van der Waals surface area contributed by atoms with Crippen molar-refractivity contribution in [2.45, 2.75) is 0 Å². The maximum atomic E-state index is 10.9. The van der Waals surface area contributed by atoms with Crippen LogP contribution in [0.3, 0.4) is 0 Å². The van der Waals surface area contributed by atoms with E-state index in [1.54, 1.807) is 16.8 Å². The first-order chi connectivity index (χ1) is 13.7. The van der Waals surface area contributed by atoms with E-state index < -0.39 is 4.92 Å². The zero-order valence-electron chi connectivity index (χ0n) is 14.4. The second-order valence-electron chi connectivity index (χ2n) is 6.21. The monoisotopic (exact) mass is 368 g/mol. The van der Waals surface area contributed by atoms with Gasteiger partial charge in [-0.2, -0.15) is 4.68 Å². The van der Waals surface area contributed by atoms with Gasteiger partial charge >= 0.3 is 0 Å². The quantitative estimate of drug-likeness (QED) is 0.272. The number of nitro benzene ring substituents is 1. The Morgan fingerprint density at radius 2 is 1.43 bits per heavy atom. The largest absolute Gasteiger partial charge is 0.269 e. The predicted molar refractivity (Wildman–Crippen MR) is 104 cm³/mol. The van der Waals surface area contributed by atoms with Gasteiger partial charge in [0.2, 0.25) is 0 Å². The number of hydrogen-bond donors (Lipinski definition) is 0. The maximum Gasteiger partial charge on any atom is 0.269 e. The lowest BCUT2D eigenvalue weighted by Gasteiger charge is -2.12. The molecule has 0 aliphatic heterocycles. The maximum absolute atomic E-state index is 10.9. The van der Waals surface area contributed by atoms with Gasteiger partial charge in [-0.3, -0.25) is 10.1 Å². The summed E-state index contributed by atoms with van der Waals surface area (Å²) in [6, 6.07) is 21.8. The molecule has 2 aromatic heterocycles. The number of nitrogens with zero attached hydrogens (tertiary/aromatic N) is 6. The molecule has 2 heterocycles. The number of para-hydroxylation sites is 2. The molecule has 8 nitrogen and oxygen atoms in total. The molecule has 0 bridgehead atoms. The zero-order valence-corrected chi connectivity index (χ0v) is 14.4. The molecule has 5 rings (SSSR count). The number of aromatic nitrogens is 5. The van der Waals surface area contributed by atoms with Crippen LogP contribution < -0.4 is 0 Å². The number of tetrazole rings is 1. The lowest BCUT2D eigenvalue weighted by Crippen LogP contribution is -2.03. The Hall–Kier alpha value is -4.20. The van der Waals surface area contributed by atoms with Crippen molar-refractivity contribution in [3.05, 3.63) is 82.9 Å². The Kier molecular flexibility index (Phi) is 3.55. The molecule has 0 aliphatic carbocycles. The fraction of sp³-hybridized carbons (Fsp3) is 0. The highest BCUT2D eigenvalue weighted by Gasteiger charge is 2.17. The van der Waals surface area contributed by atoms with E-state index in [2.05, 4.69) is 15.5 Å². The molecule has 0 aliphatic rings. The van der Waals surface area contributed by atoms with Crippen molar-refractivity contribution < 1.29 is 4.92 Å². The summed E-state index contributed by atoms with van der Waals surface area (Å²) >= 11 is 0. The van der Waals surface area contributed by atoms with E-state index >= 15 is 0 Å². The van der Waals surface area contributed by atoms with Gasteiger partial charge in [0.05, 0.1) is 21.6 Å². The number of hydrogen-bond acceptors (Lipinski definition) is 6. The normalized spacial score (nSPS) is 11.1. The van der Waals surface area contributed by atoms with Gasteiger partial charge in [-0.1, -0.05) is 36.4 Å². The number of benzene rings is 3. The topological polar surface area (TPSA) is 99.6 Å². The number of pyridine rings is 1. The Morgan fingerprint density at radius 1 is 0.821 bits per heavy atom. The summed E-state index contributed by atoms with van der Waals surface area (Å²) in [5, 5.41) is 25.0. The minimum atomic E-state index is -0.434. The van der Waals surface area contributed by atoms with Gasteiger partial charge in [0.15, 0.2) is 5.82 Å². The SMILES string of the molecule is O=[N+]([O-])c1ccc(-c2nnnn2-c2c3ccccc3nc3ccccc23)cc1. The lowest BCUT2D eigenvalue weighted by molar-refractivity contribution is -0.384. The summed E-state index contributed by atoms with van der Waals surface area (Å²) in [5.41, 5.74) is 3.19. The zero-order chi connectivity index (χ0) is 19.1. The van der Waals surface area contributed by atoms with Crippen molar-refractivity contribution in [3.8, 4) is 17.1 Å². The van der Waals surface area contributed by atoms with E-state index in [4.69, 9.17) is 4.98 Å². The van der Waals surface area contributed by atoms with E-state index in [0.717, 1.165) is 27.5 Å². The van der Waals surface area contributed by atoms with Crippen LogP contribution in [0.5, 0.6) is 0 Å². The van der Waals surface area contributed by atoms with Crippen molar-refractivity contribution in [1.29, 1.82) is 0 Å². The molecule has 3 aromatic carbocycles. The average Bonchev–Trinajstić information content (AvgIpc) is 3.21. The summed E-state index contributed by atoms with van der Waals surface area (Å²) < 4.78 is 1.66. The van der Waals surface area contributed by atoms with E-state index in [0.29, 0.717) is 11.4 Å². The molecule has 0 radical (unpaired) electrons. The Balaban J connectivity index is 1.80. The molecule has 0 saturated carbocycles. The highest BCUT2D eigenvalue weighted by atomic mass is 16.6. The van der Waals surface area contributed by atoms with Gasteiger partial charge in [0, 0.05) is 28.5 Å². The molecule has 8 heteroatoms. The average molecular weight is 368 g/mol. The van der Waals surface area contributed by atoms with Crippen LogP contribution in [0.2, 0.25) is 0 Å². The van der Waals surface area contributed by atoms with Gasteiger partial charge in [-0.15, -0.1) is 5.10 Å². The Labute approximate surface area is 158 Å². The van der Waals surface area contributed by atoms with Crippen molar-refractivity contribution >= 4 is 27.5 Å². The molecule has 0 atom stereocenters. The smallest absolute Gasteiger partial charge is 0.258 e. The Morgan fingerprint density at radius 3 is 2.04 bits per heavy atom. The van der Waals surface area contributed by atoms with Crippen molar-refractivity contribution in [2.75, 3.05) is 0 Å². The summed E-state index contributed by atoms with van der Waals surface area (Å²) in [6.07, 6.45) is 0. The van der Waals surface area contributed by atoms with Gasteiger partial charge in [-0.25, -0.2) is 4.98 Å². The number of fused-ring (bicyclic) bond motifs is 2. The number of rotatable bonds is 3. The number of nitro groups is 1. The van der Waals surface area contributed by atoms with Gasteiger partial charge in [0.1, 0.15) is 0 Å². The first-order valence-corrected chi connectivity index (χ1v) is 8.53. The molecule has 0 N–H and O–H groups in total. The highest BCUT2D eigenvalue weighted by molar-refractivity contribution is 6.03. The van der Waals surface area contributed by atoms with Crippen molar-refractivity contribution in [1.82, 2.24) is 25.2 Å². The van der Waals surface area contributed by atoms with Crippen LogP contribution in [-0.4, -0.2) is 30.1 Å². The van der Waals surface area contributed by atoms with Crippen LogP contribution in [0.25, 0.3) is 38.9 Å². The molecule has 5 aromatic rings. The second kappa shape index (κ2) is 6.20. The standard InChI is InChI=1S/C20H12N6O2/c27-26(28)14-11-9-13(10-12-14)20-22-23-24-25(20)19-15-5-1-3-7-17(15)21-18-8-4-2-6-16(18)19/h1-12H. The predicted octanol–water partition coefficient (Wildman–Crippen LogP) is 3.94. The van der Waals surface area contributed by atoms with Crippen LogP contribution in [0.15, 0.2) is 72.8 Å². The highest BCUT2D eigenvalue weighted by Crippen LogP contribution is 2.31.